The van der Waals surface area contributed by atoms with Gasteiger partial charge in [0, 0.05) is 18.9 Å². The van der Waals surface area contributed by atoms with Crippen molar-refractivity contribution in [3.63, 3.8) is 0 Å². The lowest BCUT2D eigenvalue weighted by atomic mass is 10.1. The van der Waals surface area contributed by atoms with Crippen LogP contribution < -0.4 is 5.32 Å². The first-order valence-electron chi connectivity index (χ1n) is 8.67. The molecule has 0 saturated heterocycles. The average molecular weight is 316 g/mol. The fraction of sp³-hybridized carbons (Fsp3) is 0.750. The summed E-state index contributed by atoms with van der Waals surface area (Å²) in [7, 11) is 2.04. The molecule has 4 rings (SSSR count). The van der Waals surface area contributed by atoms with Gasteiger partial charge in [-0.1, -0.05) is 18.0 Å². The van der Waals surface area contributed by atoms with Crippen LogP contribution in [-0.4, -0.2) is 24.9 Å². The number of hydrogen-bond acceptors (Lipinski definition) is 6. The molecule has 7 nitrogen and oxygen atoms in total. The second kappa shape index (κ2) is 6.03. The molecule has 0 bridgehead atoms. The van der Waals surface area contributed by atoms with E-state index in [0.717, 1.165) is 17.5 Å². The zero-order valence-electron chi connectivity index (χ0n) is 13.8. The summed E-state index contributed by atoms with van der Waals surface area (Å²) in [5.41, 5.74) is 0. The van der Waals surface area contributed by atoms with Gasteiger partial charge in [-0.25, -0.2) is 0 Å². The molecule has 0 amide bonds. The number of nitrogens with one attached hydrogen (secondary N) is 1. The van der Waals surface area contributed by atoms with Gasteiger partial charge in [-0.3, -0.25) is 5.32 Å². The van der Waals surface area contributed by atoms with E-state index in [4.69, 9.17) is 4.52 Å². The van der Waals surface area contributed by atoms with E-state index < -0.39 is 0 Å². The first kappa shape index (κ1) is 14.8. The highest BCUT2D eigenvalue weighted by Gasteiger charge is 2.29. The minimum absolute atomic E-state index is 0.0127. The fourth-order valence-corrected chi connectivity index (χ4v) is 3.33. The Morgan fingerprint density at radius 1 is 1.17 bits per heavy atom. The van der Waals surface area contributed by atoms with Crippen molar-refractivity contribution >= 4 is 0 Å². The second-order valence-corrected chi connectivity index (χ2v) is 6.88. The van der Waals surface area contributed by atoms with Crippen molar-refractivity contribution in [2.24, 2.45) is 7.05 Å². The van der Waals surface area contributed by atoms with Crippen LogP contribution >= 0.6 is 0 Å². The molecule has 0 unspecified atom stereocenters. The number of hydrogen-bond donors (Lipinski definition) is 1. The fourth-order valence-electron chi connectivity index (χ4n) is 3.33. The first-order valence-corrected chi connectivity index (χ1v) is 8.67. The van der Waals surface area contributed by atoms with Crippen molar-refractivity contribution in [1.29, 1.82) is 0 Å². The summed E-state index contributed by atoms with van der Waals surface area (Å²) in [4.78, 5) is 4.59. The average Bonchev–Trinajstić information content (AvgIpc) is 2.98. The molecule has 2 aliphatic rings. The van der Waals surface area contributed by atoms with E-state index in [-0.39, 0.29) is 6.04 Å². The lowest BCUT2D eigenvalue weighted by molar-refractivity contribution is 0.332. The van der Waals surface area contributed by atoms with E-state index >= 15 is 0 Å². The summed E-state index contributed by atoms with van der Waals surface area (Å²) < 4.78 is 7.55. The molecule has 0 aromatic carbocycles. The molecule has 2 fully saturated rings. The Labute approximate surface area is 135 Å². The summed E-state index contributed by atoms with van der Waals surface area (Å²) in [6.45, 7) is 2.70. The van der Waals surface area contributed by atoms with E-state index in [9.17, 15) is 0 Å². The standard InChI is InChI=1S/C16H24N6O/c1-10(16-18-14(21-23-16)11-5-3-4-6-11)17-9-13-19-20-15(22(13)2)12-7-8-12/h10-12,17H,3-9H2,1-2H3/t10-/m0/s1. The third-order valence-electron chi connectivity index (χ3n) is 5.06. The van der Waals surface area contributed by atoms with Gasteiger partial charge in [0.2, 0.25) is 5.89 Å². The molecule has 2 aromatic heterocycles. The predicted octanol–water partition coefficient (Wildman–Crippen LogP) is 2.58. The van der Waals surface area contributed by atoms with E-state index in [0.29, 0.717) is 24.3 Å². The molecule has 2 aromatic rings. The molecular weight excluding hydrogens is 292 g/mol. The van der Waals surface area contributed by atoms with Gasteiger partial charge < -0.3 is 9.09 Å². The molecule has 2 saturated carbocycles. The van der Waals surface area contributed by atoms with Crippen molar-refractivity contribution in [3.8, 4) is 0 Å². The van der Waals surface area contributed by atoms with Crippen LogP contribution in [0.1, 0.15) is 86.7 Å². The number of nitrogens with zero attached hydrogens (tertiary/aromatic N) is 5. The van der Waals surface area contributed by atoms with Crippen LogP contribution in [0.4, 0.5) is 0 Å². The van der Waals surface area contributed by atoms with Crippen molar-refractivity contribution in [2.45, 2.75) is 69.9 Å². The highest BCUT2D eigenvalue weighted by Crippen LogP contribution is 2.38. The van der Waals surface area contributed by atoms with Crippen LogP contribution in [-0.2, 0) is 13.6 Å². The maximum atomic E-state index is 5.44. The van der Waals surface area contributed by atoms with Gasteiger partial charge in [-0.05, 0) is 32.6 Å². The van der Waals surface area contributed by atoms with Crippen molar-refractivity contribution in [3.05, 3.63) is 23.4 Å². The Kier molecular flexibility index (Phi) is 3.88. The first-order chi connectivity index (χ1) is 11.2. The van der Waals surface area contributed by atoms with Crippen LogP contribution in [0.2, 0.25) is 0 Å². The van der Waals surface area contributed by atoms with Gasteiger partial charge in [0.25, 0.3) is 0 Å². The quantitative estimate of drug-likeness (QED) is 0.882. The predicted molar refractivity (Wildman–Crippen MR) is 83.7 cm³/mol. The molecule has 23 heavy (non-hydrogen) atoms. The lowest BCUT2D eigenvalue weighted by Crippen LogP contribution is -2.20. The smallest absolute Gasteiger partial charge is 0.243 e. The van der Waals surface area contributed by atoms with Gasteiger partial charge in [-0.2, -0.15) is 4.98 Å². The van der Waals surface area contributed by atoms with Crippen molar-refractivity contribution < 1.29 is 4.52 Å². The SMILES string of the molecule is C[C@H](NCc1nnc(C2CC2)n1C)c1nc(C2CCCC2)no1. The van der Waals surface area contributed by atoms with Gasteiger partial charge in [0.05, 0.1) is 12.6 Å². The molecule has 7 heteroatoms. The zero-order valence-corrected chi connectivity index (χ0v) is 13.8. The maximum Gasteiger partial charge on any atom is 0.243 e. The molecule has 0 spiro atoms. The van der Waals surface area contributed by atoms with E-state index in [1.807, 2.05) is 14.0 Å². The monoisotopic (exact) mass is 316 g/mol. The highest BCUT2D eigenvalue weighted by molar-refractivity contribution is 5.08. The normalized spacial score (nSPS) is 20.3. The molecule has 2 aliphatic carbocycles. The van der Waals surface area contributed by atoms with Crippen LogP contribution in [0.5, 0.6) is 0 Å². The van der Waals surface area contributed by atoms with Gasteiger partial charge in [0.15, 0.2) is 5.82 Å². The number of rotatable bonds is 6. The molecular formula is C16H24N6O. The molecule has 2 heterocycles. The third kappa shape index (κ3) is 3.02. The van der Waals surface area contributed by atoms with Crippen LogP contribution in [0.25, 0.3) is 0 Å². The zero-order chi connectivity index (χ0) is 15.8. The van der Waals surface area contributed by atoms with Gasteiger partial charge >= 0.3 is 0 Å². The van der Waals surface area contributed by atoms with Crippen LogP contribution in [0, 0.1) is 0 Å². The summed E-state index contributed by atoms with van der Waals surface area (Å²) >= 11 is 0. The van der Waals surface area contributed by atoms with Crippen molar-refractivity contribution in [1.82, 2.24) is 30.2 Å². The Balaban J connectivity index is 1.37. The topological polar surface area (TPSA) is 81.7 Å². The largest absolute Gasteiger partial charge is 0.338 e. The molecule has 1 N–H and O–H groups in total. The summed E-state index contributed by atoms with van der Waals surface area (Å²) in [6, 6.07) is 0.0127. The lowest BCUT2D eigenvalue weighted by Gasteiger charge is -2.09. The summed E-state index contributed by atoms with van der Waals surface area (Å²) in [6.07, 6.45) is 7.40. The van der Waals surface area contributed by atoms with E-state index in [2.05, 4.69) is 30.2 Å². The summed E-state index contributed by atoms with van der Waals surface area (Å²) in [5, 5.41) is 16.2. The molecule has 0 radical (unpaired) electrons. The third-order valence-corrected chi connectivity index (χ3v) is 5.06. The Morgan fingerprint density at radius 2 is 1.96 bits per heavy atom. The minimum atomic E-state index is 0.0127. The minimum Gasteiger partial charge on any atom is -0.338 e. The maximum absolute atomic E-state index is 5.44. The molecule has 0 aliphatic heterocycles. The Hall–Kier alpha value is -1.76. The van der Waals surface area contributed by atoms with Crippen LogP contribution in [0.3, 0.4) is 0 Å². The number of aromatic nitrogens is 5. The Morgan fingerprint density at radius 3 is 2.70 bits per heavy atom. The summed E-state index contributed by atoms with van der Waals surface area (Å²) in [5.74, 6) is 4.70. The van der Waals surface area contributed by atoms with Crippen LogP contribution in [0.15, 0.2) is 4.52 Å². The van der Waals surface area contributed by atoms with Crippen molar-refractivity contribution in [2.75, 3.05) is 0 Å². The highest BCUT2D eigenvalue weighted by atomic mass is 16.5. The van der Waals surface area contributed by atoms with E-state index in [1.54, 1.807) is 0 Å². The van der Waals surface area contributed by atoms with Gasteiger partial charge in [0.1, 0.15) is 11.6 Å². The second-order valence-electron chi connectivity index (χ2n) is 6.88. The van der Waals surface area contributed by atoms with E-state index in [1.165, 1.54) is 38.5 Å². The Bertz CT molecular complexity index is 668. The molecule has 1 atom stereocenters. The molecule has 124 valence electrons. The van der Waals surface area contributed by atoms with Gasteiger partial charge in [-0.15, -0.1) is 10.2 Å².